The molecule has 2 saturated carbocycles. The fourth-order valence-corrected chi connectivity index (χ4v) is 4.63. The molecule has 4 unspecified atom stereocenters. The first-order valence-corrected chi connectivity index (χ1v) is 8.35. The number of nitrogens with one attached hydrogen (secondary N) is 1. The number of fused-ring (bicyclic) bond motifs is 2. The number of rotatable bonds is 3. The minimum Gasteiger partial charge on any atom is -0.359 e. The quantitative estimate of drug-likeness (QED) is 0.815. The van der Waals surface area contributed by atoms with Gasteiger partial charge in [0, 0.05) is 32.6 Å². The molecule has 1 heterocycles. The molecule has 2 aliphatic carbocycles. The molecule has 1 saturated heterocycles. The zero-order chi connectivity index (χ0) is 15.0. The van der Waals surface area contributed by atoms with Crippen LogP contribution in [-0.2, 0) is 9.59 Å². The van der Waals surface area contributed by atoms with Crippen molar-refractivity contribution in [1.82, 2.24) is 10.2 Å². The van der Waals surface area contributed by atoms with E-state index >= 15 is 0 Å². The highest BCUT2D eigenvalue weighted by atomic mass is 35.5. The lowest BCUT2D eigenvalue weighted by atomic mass is 9.83. The number of hydrogen-bond donors (Lipinski definition) is 2. The van der Waals surface area contributed by atoms with Gasteiger partial charge in [-0.15, -0.1) is 12.4 Å². The van der Waals surface area contributed by atoms with Crippen molar-refractivity contribution in [3.63, 3.8) is 0 Å². The minimum absolute atomic E-state index is 0. The molecule has 4 atom stereocenters. The second kappa shape index (κ2) is 7.18. The van der Waals surface area contributed by atoms with Crippen LogP contribution in [0.1, 0.15) is 38.5 Å². The molecule has 6 heteroatoms. The van der Waals surface area contributed by atoms with Crippen LogP contribution in [0.3, 0.4) is 0 Å². The zero-order valence-corrected chi connectivity index (χ0v) is 14.1. The molecule has 0 aromatic heterocycles. The SMILES string of the molecule is CNC(=O)CC1CCN(C(=O)C2C3CCC(C3)C2N)CC1.Cl. The third kappa shape index (κ3) is 3.25. The van der Waals surface area contributed by atoms with Gasteiger partial charge in [0.05, 0.1) is 5.92 Å². The van der Waals surface area contributed by atoms with E-state index in [0.717, 1.165) is 32.4 Å². The van der Waals surface area contributed by atoms with Crippen molar-refractivity contribution in [1.29, 1.82) is 0 Å². The Kier molecular flexibility index (Phi) is 5.72. The van der Waals surface area contributed by atoms with Gasteiger partial charge < -0.3 is 16.0 Å². The van der Waals surface area contributed by atoms with Crippen LogP contribution in [0, 0.1) is 23.7 Å². The average Bonchev–Trinajstić information content (AvgIpc) is 3.08. The van der Waals surface area contributed by atoms with Gasteiger partial charge in [0.15, 0.2) is 0 Å². The van der Waals surface area contributed by atoms with E-state index in [-0.39, 0.29) is 36.2 Å². The lowest BCUT2D eigenvalue weighted by Crippen LogP contribution is -2.49. The summed E-state index contributed by atoms with van der Waals surface area (Å²) in [5.41, 5.74) is 6.28. The summed E-state index contributed by atoms with van der Waals surface area (Å²) >= 11 is 0. The third-order valence-electron chi connectivity index (χ3n) is 5.94. The first kappa shape index (κ1) is 17.5. The number of nitrogens with zero attached hydrogens (tertiary/aromatic N) is 1. The maximum Gasteiger partial charge on any atom is 0.227 e. The second-order valence-corrected chi connectivity index (χ2v) is 7.08. The molecule has 0 spiro atoms. The number of piperidine rings is 1. The molecule has 0 aromatic carbocycles. The largest absolute Gasteiger partial charge is 0.359 e. The van der Waals surface area contributed by atoms with E-state index in [4.69, 9.17) is 5.73 Å². The fourth-order valence-electron chi connectivity index (χ4n) is 4.63. The lowest BCUT2D eigenvalue weighted by molar-refractivity contribution is -0.139. The number of nitrogens with two attached hydrogens (primary N) is 1. The fraction of sp³-hybridized carbons (Fsp3) is 0.875. The highest BCUT2D eigenvalue weighted by Crippen LogP contribution is 2.48. The summed E-state index contributed by atoms with van der Waals surface area (Å²) < 4.78 is 0. The van der Waals surface area contributed by atoms with Crippen molar-refractivity contribution in [3.8, 4) is 0 Å². The van der Waals surface area contributed by atoms with Crippen LogP contribution < -0.4 is 11.1 Å². The Morgan fingerprint density at radius 3 is 2.32 bits per heavy atom. The predicted molar refractivity (Wildman–Crippen MR) is 87.5 cm³/mol. The summed E-state index contributed by atoms with van der Waals surface area (Å²) in [5.74, 6) is 1.99. The van der Waals surface area contributed by atoms with Gasteiger partial charge in [-0.25, -0.2) is 0 Å². The predicted octanol–water partition coefficient (Wildman–Crippen LogP) is 1.16. The first-order valence-electron chi connectivity index (χ1n) is 8.35. The Hall–Kier alpha value is -0.810. The summed E-state index contributed by atoms with van der Waals surface area (Å²) in [6.45, 7) is 1.59. The first-order chi connectivity index (χ1) is 10.1. The van der Waals surface area contributed by atoms with Crippen LogP contribution in [0.4, 0.5) is 0 Å². The molecule has 3 fully saturated rings. The van der Waals surface area contributed by atoms with Gasteiger partial charge in [0.2, 0.25) is 11.8 Å². The molecular formula is C16H28ClN3O2. The Morgan fingerprint density at radius 1 is 1.14 bits per heavy atom. The Balaban J connectivity index is 0.00000176. The van der Waals surface area contributed by atoms with E-state index in [0.29, 0.717) is 24.2 Å². The van der Waals surface area contributed by atoms with Gasteiger partial charge in [0.25, 0.3) is 0 Å². The molecule has 0 aromatic rings. The minimum atomic E-state index is 0. The Morgan fingerprint density at radius 2 is 1.77 bits per heavy atom. The summed E-state index contributed by atoms with van der Waals surface area (Å²) in [6, 6.07) is 0.0832. The van der Waals surface area contributed by atoms with Crippen LogP contribution in [0.5, 0.6) is 0 Å². The highest BCUT2D eigenvalue weighted by molar-refractivity contribution is 5.85. The standard InChI is InChI=1S/C16H27N3O2.ClH/c1-18-13(20)8-10-4-6-19(7-5-10)16(21)14-11-2-3-12(9-11)15(14)17;/h10-12,14-15H,2-9,17H2,1H3,(H,18,20);1H. The number of likely N-dealkylation sites (tertiary alicyclic amines) is 1. The average molecular weight is 330 g/mol. The van der Waals surface area contributed by atoms with Gasteiger partial charge in [-0.1, -0.05) is 0 Å². The normalized spacial score (nSPS) is 34.4. The van der Waals surface area contributed by atoms with Gasteiger partial charge >= 0.3 is 0 Å². The van der Waals surface area contributed by atoms with Gasteiger partial charge in [-0.2, -0.15) is 0 Å². The number of halogens is 1. The topological polar surface area (TPSA) is 75.4 Å². The van der Waals surface area contributed by atoms with Crippen molar-refractivity contribution in [2.75, 3.05) is 20.1 Å². The molecule has 0 radical (unpaired) electrons. The maximum absolute atomic E-state index is 12.8. The van der Waals surface area contributed by atoms with Crippen molar-refractivity contribution < 1.29 is 9.59 Å². The van der Waals surface area contributed by atoms with Crippen molar-refractivity contribution in [2.24, 2.45) is 29.4 Å². The van der Waals surface area contributed by atoms with E-state index in [1.807, 2.05) is 4.90 Å². The van der Waals surface area contributed by atoms with Crippen LogP contribution >= 0.6 is 12.4 Å². The molecule has 3 N–H and O–H groups in total. The number of hydrogen-bond acceptors (Lipinski definition) is 3. The summed E-state index contributed by atoms with van der Waals surface area (Å²) in [4.78, 5) is 26.2. The van der Waals surface area contributed by atoms with Gasteiger partial charge in [-0.3, -0.25) is 9.59 Å². The summed E-state index contributed by atoms with van der Waals surface area (Å²) in [5, 5.41) is 2.68. The smallest absolute Gasteiger partial charge is 0.227 e. The van der Waals surface area contributed by atoms with Crippen molar-refractivity contribution in [2.45, 2.75) is 44.6 Å². The monoisotopic (exact) mass is 329 g/mol. The third-order valence-corrected chi connectivity index (χ3v) is 5.94. The van der Waals surface area contributed by atoms with E-state index in [9.17, 15) is 9.59 Å². The highest BCUT2D eigenvalue weighted by Gasteiger charge is 2.50. The molecule has 1 aliphatic heterocycles. The molecule has 5 nitrogen and oxygen atoms in total. The van der Waals surface area contributed by atoms with Crippen LogP contribution in [0.2, 0.25) is 0 Å². The van der Waals surface area contributed by atoms with Crippen LogP contribution in [-0.4, -0.2) is 42.9 Å². The van der Waals surface area contributed by atoms with E-state index in [2.05, 4.69) is 5.32 Å². The molecule has 126 valence electrons. The molecule has 3 aliphatic rings. The van der Waals surface area contributed by atoms with Crippen molar-refractivity contribution in [3.05, 3.63) is 0 Å². The maximum atomic E-state index is 12.8. The Bertz CT molecular complexity index is 422. The molecule has 3 rings (SSSR count). The lowest BCUT2D eigenvalue weighted by Gasteiger charge is -2.36. The van der Waals surface area contributed by atoms with Crippen LogP contribution in [0.25, 0.3) is 0 Å². The summed E-state index contributed by atoms with van der Waals surface area (Å²) in [6.07, 6.45) is 6.02. The second-order valence-electron chi connectivity index (χ2n) is 7.08. The molecule has 2 bridgehead atoms. The van der Waals surface area contributed by atoms with Crippen molar-refractivity contribution >= 4 is 24.2 Å². The molecule has 2 amide bonds. The zero-order valence-electron chi connectivity index (χ0n) is 13.3. The van der Waals surface area contributed by atoms with Gasteiger partial charge in [-0.05, 0) is 49.9 Å². The van der Waals surface area contributed by atoms with E-state index < -0.39 is 0 Å². The van der Waals surface area contributed by atoms with E-state index in [1.54, 1.807) is 7.05 Å². The molecule has 22 heavy (non-hydrogen) atoms. The molecular weight excluding hydrogens is 302 g/mol. The number of carbonyl (C=O) groups excluding carboxylic acids is 2. The Labute approximate surface area is 138 Å². The van der Waals surface area contributed by atoms with Gasteiger partial charge in [0.1, 0.15) is 0 Å². The number of amides is 2. The van der Waals surface area contributed by atoms with E-state index in [1.165, 1.54) is 12.8 Å². The summed E-state index contributed by atoms with van der Waals surface area (Å²) in [7, 11) is 1.68. The number of carbonyl (C=O) groups is 2. The van der Waals surface area contributed by atoms with Crippen LogP contribution in [0.15, 0.2) is 0 Å².